The van der Waals surface area contributed by atoms with Crippen LogP contribution in [0.2, 0.25) is 0 Å². The number of nitro groups is 1. The summed E-state index contributed by atoms with van der Waals surface area (Å²) in [5.41, 5.74) is 0.287. The topological polar surface area (TPSA) is 91.3 Å². The van der Waals surface area contributed by atoms with Crippen molar-refractivity contribution < 1.29 is 14.3 Å². The molecule has 0 spiro atoms. The number of benzene rings is 1. The first-order valence-electron chi connectivity index (χ1n) is 6.26. The molecule has 102 valence electrons. The second kappa shape index (κ2) is 6.12. The lowest BCUT2D eigenvalue weighted by Gasteiger charge is -2.05. The van der Waals surface area contributed by atoms with Gasteiger partial charge in [-0.15, -0.1) is 0 Å². The molecule has 0 amide bonds. The summed E-state index contributed by atoms with van der Waals surface area (Å²) in [5.74, 6) is 0.471. The summed E-state index contributed by atoms with van der Waals surface area (Å²) in [6, 6.07) is 2.89. The summed E-state index contributed by atoms with van der Waals surface area (Å²) < 4.78 is 10.1. The van der Waals surface area contributed by atoms with Crippen LogP contribution >= 0.6 is 0 Å². The van der Waals surface area contributed by atoms with Gasteiger partial charge in [-0.05, 0) is 22.8 Å². The van der Waals surface area contributed by atoms with E-state index in [0.717, 1.165) is 19.3 Å². The molecule has 7 nitrogen and oxygen atoms in total. The van der Waals surface area contributed by atoms with Gasteiger partial charge in [0.25, 0.3) is 0 Å². The van der Waals surface area contributed by atoms with Crippen molar-refractivity contribution in [1.29, 1.82) is 0 Å². The SMILES string of the molecule is CCCCCCOc1ccc([N+](=O)[O-])c2nonc12. The van der Waals surface area contributed by atoms with E-state index in [2.05, 4.69) is 21.9 Å². The molecular formula is C12H15N3O4. The first-order chi connectivity index (χ1) is 9.24. The molecule has 7 heteroatoms. The van der Waals surface area contributed by atoms with Crippen molar-refractivity contribution in [2.75, 3.05) is 6.61 Å². The Kier molecular flexibility index (Phi) is 4.27. The Bertz CT molecular complexity index is 567. The Hall–Kier alpha value is -2.18. The van der Waals surface area contributed by atoms with Crippen molar-refractivity contribution in [1.82, 2.24) is 10.3 Å². The Morgan fingerprint density at radius 1 is 1.26 bits per heavy atom. The fourth-order valence-electron chi connectivity index (χ4n) is 1.81. The Morgan fingerprint density at radius 3 is 2.79 bits per heavy atom. The van der Waals surface area contributed by atoms with Crippen molar-refractivity contribution in [2.24, 2.45) is 0 Å². The van der Waals surface area contributed by atoms with Crippen molar-refractivity contribution >= 4 is 16.7 Å². The van der Waals surface area contributed by atoms with Crippen LogP contribution in [0.3, 0.4) is 0 Å². The van der Waals surface area contributed by atoms with Gasteiger partial charge in [0.15, 0.2) is 11.3 Å². The van der Waals surface area contributed by atoms with Crippen molar-refractivity contribution in [3.05, 3.63) is 22.2 Å². The van der Waals surface area contributed by atoms with Crippen LogP contribution in [0.25, 0.3) is 11.0 Å². The Balaban J connectivity index is 2.10. The Morgan fingerprint density at radius 2 is 2.05 bits per heavy atom. The smallest absolute Gasteiger partial charge is 0.301 e. The third kappa shape index (κ3) is 2.98. The van der Waals surface area contributed by atoms with E-state index < -0.39 is 4.92 Å². The number of nitro benzene ring substituents is 1. The van der Waals surface area contributed by atoms with Crippen LogP contribution in [0.15, 0.2) is 16.8 Å². The summed E-state index contributed by atoms with van der Waals surface area (Å²) in [7, 11) is 0. The van der Waals surface area contributed by atoms with Gasteiger partial charge < -0.3 is 4.74 Å². The molecule has 2 aromatic rings. The molecule has 2 rings (SSSR count). The maximum atomic E-state index is 10.8. The van der Waals surface area contributed by atoms with Gasteiger partial charge in [-0.2, -0.15) is 0 Å². The minimum absolute atomic E-state index is 0.121. The molecule has 0 unspecified atom stereocenters. The molecular weight excluding hydrogens is 250 g/mol. The summed E-state index contributed by atoms with van der Waals surface area (Å²) >= 11 is 0. The van der Waals surface area contributed by atoms with Crippen LogP contribution < -0.4 is 4.74 Å². The highest BCUT2D eigenvalue weighted by Crippen LogP contribution is 2.30. The highest BCUT2D eigenvalue weighted by Gasteiger charge is 2.20. The minimum Gasteiger partial charge on any atom is -0.491 e. The zero-order valence-electron chi connectivity index (χ0n) is 10.7. The molecule has 0 saturated heterocycles. The zero-order valence-corrected chi connectivity index (χ0v) is 10.7. The normalized spacial score (nSPS) is 10.8. The molecule has 0 radical (unpaired) electrons. The van der Waals surface area contributed by atoms with Crippen LogP contribution in [-0.2, 0) is 0 Å². The van der Waals surface area contributed by atoms with E-state index in [4.69, 9.17) is 4.74 Å². The third-order valence-electron chi connectivity index (χ3n) is 2.81. The van der Waals surface area contributed by atoms with Gasteiger partial charge in [0.2, 0.25) is 5.52 Å². The summed E-state index contributed by atoms with van der Waals surface area (Å²) in [6.45, 7) is 2.70. The molecule has 1 heterocycles. The summed E-state index contributed by atoms with van der Waals surface area (Å²) in [5, 5.41) is 18.0. The van der Waals surface area contributed by atoms with Crippen LogP contribution in [0.1, 0.15) is 32.6 Å². The van der Waals surface area contributed by atoms with E-state index in [0.29, 0.717) is 17.9 Å². The number of nitrogens with zero attached hydrogens (tertiary/aromatic N) is 3. The van der Waals surface area contributed by atoms with Gasteiger partial charge in [-0.25, -0.2) is 4.63 Å². The number of ether oxygens (including phenoxy) is 1. The van der Waals surface area contributed by atoms with Gasteiger partial charge in [-0.1, -0.05) is 26.2 Å². The maximum Gasteiger partial charge on any atom is 0.301 e. The van der Waals surface area contributed by atoms with E-state index in [9.17, 15) is 10.1 Å². The minimum atomic E-state index is -0.516. The van der Waals surface area contributed by atoms with E-state index >= 15 is 0 Å². The van der Waals surface area contributed by atoms with Crippen LogP contribution in [0.4, 0.5) is 5.69 Å². The first-order valence-corrected chi connectivity index (χ1v) is 6.26. The lowest BCUT2D eigenvalue weighted by molar-refractivity contribution is -0.383. The second-order valence-corrected chi connectivity index (χ2v) is 4.21. The van der Waals surface area contributed by atoms with Gasteiger partial charge in [0, 0.05) is 6.07 Å². The number of rotatable bonds is 7. The van der Waals surface area contributed by atoms with Crippen molar-refractivity contribution in [3.63, 3.8) is 0 Å². The van der Waals surface area contributed by atoms with Crippen LogP contribution in [0.5, 0.6) is 5.75 Å². The van der Waals surface area contributed by atoms with Gasteiger partial charge in [0.1, 0.15) is 0 Å². The molecule has 0 aliphatic heterocycles. The molecule has 0 N–H and O–H groups in total. The fourth-order valence-corrected chi connectivity index (χ4v) is 1.81. The van der Waals surface area contributed by atoms with E-state index in [1.54, 1.807) is 0 Å². The van der Waals surface area contributed by atoms with Gasteiger partial charge >= 0.3 is 5.69 Å². The quantitative estimate of drug-likeness (QED) is 0.434. The number of hydrogen-bond donors (Lipinski definition) is 0. The van der Waals surface area contributed by atoms with Gasteiger partial charge in [-0.3, -0.25) is 10.1 Å². The molecule has 0 aliphatic rings. The molecule has 1 aromatic carbocycles. The monoisotopic (exact) mass is 265 g/mol. The standard InChI is InChI=1S/C12H15N3O4/c1-2-3-4-5-8-18-10-7-6-9(15(16)17)11-12(10)14-19-13-11/h6-7H,2-5,8H2,1H3. The number of non-ortho nitro benzene ring substituents is 1. The first kappa shape index (κ1) is 13.3. The van der Waals surface area contributed by atoms with Crippen LogP contribution in [-0.4, -0.2) is 21.8 Å². The van der Waals surface area contributed by atoms with Gasteiger partial charge in [0.05, 0.1) is 11.5 Å². The number of fused-ring (bicyclic) bond motifs is 1. The van der Waals surface area contributed by atoms with Crippen molar-refractivity contribution in [2.45, 2.75) is 32.6 Å². The fraction of sp³-hybridized carbons (Fsp3) is 0.500. The molecule has 0 aliphatic carbocycles. The maximum absolute atomic E-state index is 10.8. The number of aromatic nitrogens is 2. The molecule has 19 heavy (non-hydrogen) atoms. The highest BCUT2D eigenvalue weighted by molar-refractivity contribution is 5.88. The summed E-state index contributed by atoms with van der Waals surface area (Å²) in [6.07, 6.45) is 4.38. The van der Waals surface area contributed by atoms with E-state index in [1.807, 2.05) is 0 Å². The molecule has 0 saturated carbocycles. The molecule has 0 atom stereocenters. The largest absolute Gasteiger partial charge is 0.491 e. The molecule has 0 fully saturated rings. The molecule has 1 aromatic heterocycles. The van der Waals surface area contributed by atoms with E-state index in [-0.39, 0.29) is 11.2 Å². The molecule has 0 bridgehead atoms. The van der Waals surface area contributed by atoms with Crippen molar-refractivity contribution in [3.8, 4) is 5.75 Å². The second-order valence-electron chi connectivity index (χ2n) is 4.21. The Labute approximate surface area is 109 Å². The number of hydrogen-bond acceptors (Lipinski definition) is 6. The van der Waals surface area contributed by atoms with E-state index in [1.165, 1.54) is 18.6 Å². The predicted octanol–water partition coefficient (Wildman–Crippen LogP) is 3.09. The highest BCUT2D eigenvalue weighted by atomic mass is 16.6. The predicted molar refractivity (Wildman–Crippen MR) is 68.1 cm³/mol. The third-order valence-corrected chi connectivity index (χ3v) is 2.81. The average Bonchev–Trinajstić information content (AvgIpc) is 2.87. The zero-order chi connectivity index (χ0) is 13.7. The average molecular weight is 265 g/mol. The number of unbranched alkanes of at least 4 members (excludes halogenated alkanes) is 3. The lowest BCUT2D eigenvalue weighted by Crippen LogP contribution is -1.99. The lowest BCUT2D eigenvalue weighted by atomic mass is 10.2. The van der Waals surface area contributed by atoms with Crippen LogP contribution in [0, 0.1) is 10.1 Å². The summed E-state index contributed by atoms with van der Waals surface area (Å²) in [4.78, 5) is 10.3.